The number of anilines is 1. The van der Waals surface area contributed by atoms with Crippen molar-refractivity contribution in [2.75, 3.05) is 18.0 Å². The summed E-state index contributed by atoms with van der Waals surface area (Å²) in [5, 5.41) is 1.64. The number of carbonyl (C=O) groups excluding carboxylic acids is 1. The van der Waals surface area contributed by atoms with Crippen molar-refractivity contribution in [2.45, 2.75) is 51.3 Å². The zero-order valence-corrected chi connectivity index (χ0v) is 19.0. The molecule has 2 aromatic rings. The molecule has 0 spiro atoms. The van der Waals surface area contributed by atoms with Crippen molar-refractivity contribution >= 4 is 61.9 Å². The minimum absolute atomic E-state index is 0.0864. The van der Waals surface area contributed by atoms with Crippen LogP contribution in [0.4, 0.5) is 10.6 Å². The van der Waals surface area contributed by atoms with Gasteiger partial charge in [0, 0.05) is 22.9 Å². The van der Waals surface area contributed by atoms with Crippen LogP contribution < -0.4 is 4.90 Å². The Kier molecular flexibility index (Phi) is 5.13. The second-order valence-corrected chi connectivity index (χ2v) is 9.88. The fourth-order valence-corrected chi connectivity index (χ4v) is 4.68. The summed E-state index contributed by atoms with van der Waals surface area (Å²) in [6, 6.07) is 3.88. The van der Waals surface area contributed by atoms with Gasteiger partial charge in [-0.3, -0.25) is 4.90 Å². The molecule has 3 heterocycles. The number of fused-ring (bicyclic) bond motifs is 3. The molecule has 0 N–H and O–H groups in total. The molecule has 0 aliphatic carbocycles. The topological polar surface area (TPSA) is 58.6 Å². The third-order valence-corrected chi connectivity index (χ3v) is 6.44. The molecule has 28 heavy (non-hydrogen) atoms. The SMILES string of the molecule is CC(C)(C)OC(=O)N1C2CCC1CN(c1nc(Cl)nc3cc(Br)c(Cl)cc13)C2. The van der Waals surface area contributed by atoms with Crippen LogP contribution in [-0.2, 0) is 4.74 Å². The zero-order chi connectivity index (χ0) is 20.2. The molecule has 2 saturated heterocycles. The van der Waals surface area contributed by atoms with E-state index in [1.165, 1.54) is 0 Å². The highest BCUT2D eigenvalue weighted by molar-refractivity contribution is 9.10. The third-order valence-electron chi connectivity index (χ3n) is 5.08. The van der Waals surface area contributed by atoms with Gasteiger partial charge in [-0.1, -0.05) is 11.6 Å². The van der Waals surface area contributed by atoms with Gasteiger partial charge >= 0.3 is 6.09 Å². The van der Waals surface area contributed by atoms with Gasteiger partial charge in [-0.15, -0.1) is 0 Å². The van der Waals surface area contributed by atoms with Crippen LogP contribution in [-0.4, -0.2) is 51.7 Å². The summed E-state index contributed by atoms with van der Waals surface area (Å²) in [6.07, 6.45) is 1.66. The molecule has 0 radical (unpaired) electrons. The minimum Gasteiger partial charge on any atom is -0.444 e. The smallest absolute Gasteiger partial charge is 0.410 e. The molecule has 2 fully saturated rings. The number of ether oxygens (including phenoxy) is 1. The van der Waals surface area contributed by atoms with Crippen molar-refractivity contribution in [3.05, 3.63) is 26.9 Å². The van der Waals surface area contributed by atoms with Crippen LogP contribution in [0.2, 0.25) is 10.3 Å². The van der Waals surface area contributed by atoms with E-state index in [-0.39, 0.29) is 23.5 Å². The molecular formula is C19H21BrCl2N4O2. The maximum Gasteiger partial charge on any atom is 0.410 e. The van der Waals surface area contributed by atoms with Gasteiger partial charge in [0.15, 0.2) is 0 Å². The van der Waals surface area contributed by atoms with Crippen LogP contribution in [0.25, 0.3) is 10.9 Å². The fourth-order valence-electron chi connectivity index (χ4n) is 4.01. The van der Waals surface area contributed by atoms with Crippen molar-refractivity contribution in [1.82, 2.24) is 14.9 Å². The van der Waals surface area contributed by atoms with E-state index in [1.807, 2.05) is 37.8 Å². The molecule has 2 bridgehead atoms. The largest absolute Gasteiger partial charge is 0.444 e. The standard InChI is InChI=1S/C19H21BrCl2N4O2/c1-19(2,3)28-18(27)26-10-4-5-11(26)9-25(8-10)16-12-6-14(21)13(20)7-15(12)23-17(22)24-16/h6-7,10-11H,4-5,8-9H2,1-3H3. The molecular weight excluding hydrogens is 467 g/mol. The van der Waals surface area contributed by atoms with E-state index in [2.05, 4.69) is 30.8 Å². The van der Waals surface area contributed by atoms with E-state index in [0.29, 0.717) is 18.1 Å². The van der Waals surface area contributed by atoms with Crippen LogP contribution in [0, 0.1) is 0 Å². The predicted molar refractivity (Wildman–Crippen MR) is 114 cm³/mol. The first-order valence-electron chi connectivity index (χ1n) is 9.21. The van der Waals surface area contributed by atoms with Crippen LogP contribution in [0.5, 0.6) is 0 Å². The van der Waals surface area contributed by atoms with E-state index < -0.39 is 5.60 Å². The summed E-state index contributed by atoms with van der Waals surface area (Å²) in [5.74, 6) is 0.755. The lowest BCUT2D eigenvalue weighted by Crippen LogP contribution is -2.57. The highest BCUT2D eigenvalue weighted by Crippen LogP contribution is 2.37. The number of carbonyl (C=O) groups is 1. The van der Waals surface area contributed by atoms with Gasteiger partial charge in [0.25, 0.3) is 0 Å². The van der Waals surface area contributed by atoms with Crippen molar-refractivity contribution in [2.24, 2.45) is 0 Å². The molecule has 9 heteroatoms. The van der Waals surface area contributed by atoms with Crippen molar-refractivity contribution < 1.29 is 9.53 Å². The molecule has 4 rings (SSSR count). The molecule has 150 valence electrons. The molecule has 2 unspecified atom stereocenters. The lowest BCUT2D eigenvalue weighted by molar-refractivity contribution is 0.0123. The maximum atomic E-state index is 12.7. The summed E-state index contributed by atoms with van der Waals surface area (Å²) in [5.41, 5.74) is 0.224. The maximum absolute atomic E-state index is 12.7. The van der Waals surface area contributed by atoms with Gasteiger partial charge < -0.3 is 9.64 Å². The number of piperazine rings is 1. The van der Waals surface area contributed by atoms with Gasteiger partial charge in [0.2, 0.25) is 5.28 Å². The normalized spacial score (nSPS) is 22.1. The summed E-state index contributed by atoms with van der Waals surface area (Å²) >= 11 is 15.9. The second-order valence-electron chi connectivity index (χ2n) is 8.28. The average Bonchev–Trinajstić information content (AvgIpc) is 2.85. The van der Waals surface area contributed by atoms with Crippen molar-refractivity contribution in [3.63, 3.8) is 0 Å². The fraction of sp³-hybridized carbons (Fsp3) is 0.526. The molecule has 2 atom stereocenters. The zero-order valence-electron chi connectivity index (χ0n) is 15.9. The van der Waals surface area contributed by atoms with E-state index in [0.717, 1.165) is 34.0 Å². The number of aromatic nitrogens is 2. The first-order chi connectivity index (χ1) is 13.1. The van der Waals surface area contributed by atoms with Crippen LogP contribution in [0.1, 0.15) is 33.6 Å². The van der Waals surface area contributed by atoms with Gasteiger partial charge in [-0.2, -0.15) is 4.98 Å². The quantitative estimate of drug-likeness (QED) is 0.511. The average molecular weight is 488 g/mol. The molecule has 6 nitrogen and oxygen atoms in total. The number of hydrogen-bond acceptors (Lipinski definition) is 5. The van der Waals surface area contributed by atoms with Gasteiger partial charge in [0.1, 0.15) is 11.4 Å². The van der Waals surface area contributed by atoms with Crippen molar-refractivity contribution in [1.29, 1.82) is 0 Å². The summed E-state index contributed by atoms with van der Waals surface area (Å²) in [7, 11) is 0. The van der Waals surface area contributed by atoms with E-state index in [4.69, 9.17) is 27.9 Å². The number of halogens is 3. The molecule has 2 aliphatic heterocycles. The van der Waals surface area contributed by atoms with Crippen LogP contribution >= 0.6 is 39.1 Å². The Labute approximate surface area is 182 Å². The summed E-state index contributed by atoms with van der Waals surface area (Å²) in [6.45, 7) is 7.01. The molecule has 2 aliphatic rings. The Morgan fingerprint density at radius 1 is 1.18 bits per heavy atom. The lowest BCUT2D eigenvalue weighted by atomic mass is 10.1. The first-order valence-corrected chi connectivity index (χ1v) is 10.8. The van der Waals surface area contributed by atoms with Crippen molar-refractivity contribution in [3.8, 4) is 0 Å². The first kappa shape index (κ1) is 20.0. The number of hydrogen-bond donors (Lipinski definition) is 0. The Morgan fingerprint density at radius 3 is 2.43 bits per heavy atom. The Balaban J connectivity index is 1.65. The lowest BCUT2D eigenvalue weighted by Gasteiger charge is -2.42. The summed E-state index contributed by atoms with van der Waals surface area (Å²) in [4.78, 5) is 25.6. The molecule has 1 amide bonds. The van der Waals surface area contributed by atoms with Gasteiger partial charge in [0.05, 0.1) is 22.6 Å². The number of benzene rings is 1. The number of rotatable bonds is 1. The van der Waals surface area contributed by atoms with Gasteiger partial charge in [-0.05, 0) is 73.3 Å². The second kappa shape index (κ2) is 7.18. The van der Waals surface area contributed by atoms with E-state index >= 15 is 0 Å². The van der Waals surface area contributed by atoms with E-state index in [1.54, 1.807) is 0 Å². The highest BCUT2D eigenvalue weighted by atomic mass is 79.9. The Hall–Kier alpha value is -1.31. The molecule has 1 aromatic heterocycles. The van der Waals surface area contributed by atoms with Crippen LogP contribution in [0.3, 0.4) is 0 Å². The molecule has 0 saturated carbocycles. The number of nitrogens with zero attached hydrogens (tertiary/aromatic N) is 4. The Bertz CT molecular complexity index is 936. The Morgan fingerprint density at radius 2 is 1.82 bits per heavy atom. The minimum atomic E-state index is -0.506. The number of amides is 1. The van der Waals surface area contributed by atoms with E-state index in [9.17, 15) is 4.79 Å². The highest BCUT2D eigenvalue weighted by Gasteiger charge is 2.44. The predicted octanol–water partition coefficient (Wildman–Crippen LogP) is 5.29. The van der Waals surface area contributed by atoms with Gasteiger partial charge in [-0.25, -0.2) is 9.78 Å². The third kappa shape index (κ3) is 3.76. The molecule has 1 aromatic carbocycles. The summed E-state index contributed by atoms with van der Waals surface area (Å²) < 4.78 is 6.38. The van der Waals surface area contributed by atoms with Crippen LogP contribution in [0.15, 0.2) is 16.6 Å². The monoisotopic (exact) mass is 486 g/mol.